The second-order valence-corrected chi connectivity index (χ2v) is 5.00. The molecule has 2 heterocycles. The SMILES string of the molecule is CCNc1ncccc1C(=O)N(C)Cc1ccsc1. The van der Waals surface area contributed by atoms with E-state index in [1.165, 1.54) is 0 Å². The highest BCUT2D eigenvalue weighted by molar-refractivity contribution is 7.07. The second kappa shape index (κ2) is 6.33. The molecule has 0 radical (unpaired) electrons. The highest BCUT2D eigenvalue weighted by Crippen LogP contribution is 2.16. The van der Waals surface area contributed by atoms with Crippen molar-refractivity contribution >= 4 is 23.1 Å². The number of thiophene rings is 1. The lowest BCUT2D eigenvalue weighted by Gasteiger charge is -2.18. The van der Waals surface area contributed by atoms with Crippen molar-refractivity contribution < 1.29 is 4.79 Å². The molecule has 0 bridgehead atoms. The third-order valence-corrected chi connectivity index (χ3v) is 3.46. The number of amides is 1. The fraction of sp³-hybridized carbons (Fsp3) is 0.286. The van der Waals surface area contributed by atoms with Gasteiger partial charge in [-0.2, -0.15) is 11.3 Å². The molecule has 0 saturated heterocycles. The van der Waals surface area contributed by atoms with Gasteiger partial charge in [0.15, 0.2) is 0 Å². The molecule has 0 saturated carbocycles. The first-order valence-corrected chi connectivity index (χ1v) is 7.12. The van der Waals surface area contributed by atoms with Crippen LogP contribution in [0.5, 0.6) is 0 Å². The Morgan fingerprint density at radius 3 is 3.00 bits per heavy atom. The maximum atomic E-state index is 12.4. The summed E-state index contributed by atoms with van der Waals surface area (Å²) >= 11 is 1.64. The first-order chi connectivity index (χ1) is 9.22. The summed E-state index contributed by atoms with van der Waals surface area (Å²) in [5, 5.41) is 7.18. The first-order valence-electron chi connectivity index (χ1n) is 6.17. The summed E-state index contributed by atoms with van der Waals surface area (Å²) < 4.78 is 0. The van der Waals surface area contributed by atoms with Crippen LogP contribution in [0.4, 0.5) is 5.82 Å². The fourth-order valence-corrected chi connectivity index (χ4v) is 2.48. The summed E-state index contributed by atoms with van der Waals surface area (Å²) in [7, 11) is 1.81. The zero-order valence-electron chi connectivity index (χ0n) is 11.1. The monoisotopic (exact) mass is 275 g/mol. The van der Waals surface area contributed by atoms with Crippen LogP contribution in [0.1, 0.15) is 22.8 Å². The van der Waals surface area contributed by atoms with Gasteiger partial charge in [-0.1, -0.05) is 0 Å². The minimum Gasteiger partial charge on any atom is -0.370 e. The number of rotatable bonds is 5. The lowest BCUT2D eigenvalue weighted by molar-refractivity contribution is 0.0786. The average molecular weight is 275 g/mol. The van der Waals surface area contributed by atoms with Crippen molar-refractivity contribution in [1.82, 2.24) is 9.88 Å². The molecule has 0 atom stereocenters. The number of nitrogens with one attached hydrogen (secondary N) is 1. The number of pyridine rings is 1. The number of carbonyl (C=O) groups excluding carboxylic acids is 1. The highest BCUT2D eigenvalue weighted by Gasteiger charge is 2.16. The predicted molar refractivity (Wildman–Crippen MR) is 78.5 cm³/mol. The Morgan fingerprint density at radius 2 is 2.32 bits per heavy atom. The van der Waals surface area contributed by atoms with E-state index in [1.54, 1.807) is 34.6 Å². The molecule has 0 aromatic carbocycles. The maximum Gasteiger partial charge on any atom is 0.257 e. The molecule has 2 aromatic heterocycles. The van der Waals surface area contributed by atoms with Crippen LogP contribution in [0, 0.1) is 0 Å². The highest BCUT2D eigenvalue weighted by atomic mass is 32.1. The van der Waals surface area contributed by atoms with Crippen LogP contribution < -0.4 is 5.32 Å². The largest absolute Gasteiger partial charge is 0.370 e. The molecule has 0 unspecified atom stereocenters. The van der Waals surface area contributed by atoms with E-state index >= 15 is 0 Å². The van der Waals surface area contributed by atoms with Crippen molar-refractivity contribution in [3.63, 3.8) is 0 Å². The van der Waals surface area contributed by atoms with E-state index < -0.39 is 0 Å². The number of carbonyl (C=O) groups is 1. The molecule has 2 rings (SSSR count). The Morgan fingerprint density at radius 1 is 1.47 bits per heavy atom. The smallest absolute Gasteiger partial charge is 0.257 e. The number of nitrogens with zero attached hydrogens (tertiary/aromatic N) is 2. The van der Waals surface area contributed by atoms with Crippen molar-refractivity contribution in [2.24, 2.45) is 0 Å². The molecule has 1 amide bonds. The molecule has 0 spiro atoms. The number of hydrogen-bond acceptors (Lipinski definition) is 4. The van der Waals surface area contributed by atoms with Gasteiger partial charge in [-0.15, -0.1) is 0 Å². The molecular weight excluding hydrogens is 258 g/mol. The summed E-state index contributed by atoms with van der Waals surface area (Å²) in [6, 6.07) is 5.62. The van der Waals surface area contributed by atoms with E-state index in [4.69, 9.17) is 0 Å². The molecule has 0 aliphatic heterocycles. The standard InChI is InChI=1S/C14H17N3OS/c1-3-15-13-12(5-4-7-16-13)14(18)17(2)9-11-6-8-19-10-11/h4-8,10H,3,9H2,1-2H3,(H,15,16). The molecule has 5 heteroatoms. The van der Waals surface area contributed by atoms with Crippen LogP contribution in [0.3, 0.4) is 0 Å². The Balaban J connectivity index is 2.14. The van der Waals surface area contributed by atoms with E-state index in [2.05, 4.69) is 15.7 Å². The van der Waals surface area contributed by atoms with Gasteiger partial charge in [0, 0.05) is 26.3 Å². The lowest BCUT2D eigenvalue weighted by Crippen LogP contribution is -2.27. The maximum absolute atomic E-state index is 12.4. The summed E-state index contributed by atoms with van der Waals surface area (Å²) in [4.78, 5) is 18.3. The minimum absolute atomic E-state index is 0.0183. The van der Waals surface area contributed by atoms with Gasteiger partial charge < -0.3 is 10.2 Å². The first kappa shape index (κ1) is 13.5. The van der Waals surface area contributed by atoms with E-state index in [0.717, 1.165) is 12.1 Å². The molecule has 0 fully saturated rings. The molecule has 0 aliphatic carbocycles. The average Bonchev–Trinajstić information content (AvgIpc) is 2.92. The van der Waals surface area contributed by atoms with Crippen LogP contribution in [0.2, 0.25) is 0 Å². The van der Waals surface area contributed by atoms with E-state index in [9.17, 15) is 4.79 Å². The molecule has 2 aromatic rings. The molecule has 19 heavy (non-hydrogen) atoms. The molecule has 100 valence electrons. The van der Waals surface area contributed by atoms with Gasteiger partial charge >= 0.3 is 0 Å². The number of anilines is 1. The Kier molecular flexibility index (Phi) is 4.52. The normalized spacial score (nSPS) is 10.2. The minimum atomic E-state index is -0.0183. The zero-order valence-corrected chi connectivity index (χ0v) is 11.9. The predicted octanol–water partition coefficient (Wildman–Crippen LogP) is 2.85. The van der Waals surface area contributed by atoms with Gasteiger partial charge in [-0.25, -0.2) is 4.98 Å². The van der Waals surface area contributed by atoms with Gasteiger partial charge in [0.2, 0.25) is 0 Å². The summed E-state index contributed by atoms with van der Waals surface area (Å²) in [5.74, 6) is 0.627. The fourth-order valence-electron chi connectivity index (χ4n) is 1.82. The van der Waals surface area contributed by atoms with Gasteiger partial charge in [0.1, 0.15) is 5.82 Å². The van der Waals surface area contributed by atoms with Crippen molar-refractivity contribution in [2.75, 3.05) is 18.9 Å². The lowest BCUT2D eigenvalue weighted by atomic mass is 10.2. The van der Waals surface area contributed by atoms with Gasteiger partial charge in [-0.05, 0) is 41.4 Å². The second-order valence-electron chi connectivity index (χ2n) is 4.22. The summed E-state index contributed by atoms with van der Waals surface area (Å²) in [5.41, 5.74) is 1.76. The third kappa shape index (κ3) is 3.32. The zero-order chi connectivity index (χ0) is 13.7. The van der Waals surface area contributed by atoms with Gasteiger partial charge in [-0.3, -0.25) is 4.79 Å². The quantitative estimate of drug-likeness (QED) is 0.912. The summed E-state index contributed by atoms with van der Waals surface area (Å²) in [6.07, 6.45) is 1.69. The van der Waals surface area contributed by atoms with Crippen LogP contribution in [-0.2, 0) is 6.54 Å². The molecule has 0 aliphatic rings. The van der Waals surface area contributed by atoms with E-state index in [-0.39, 0.29) is 5.91 Å². The molecule has 1 N–H and O–H groups in total. The van der Waals surface area contributed by atoms with Crippen molar-refractivity contribution in [2.45, 2.75) is 13.5 Å². The Bertz CT molecular complexity index is 539. The third-order valence-electron chi connectivity index (χ3n) is 2.73. The van der Waals surface area contributed by atoms with Crippen molar-refractivity contribution in [3.05, 3.63) is 46.3 Å². The number of hydrogen-bond donors (Lipinski definition) is 1. The molecular formula is C14H17N3OS. The van der Waals surface area contributed by atoms with Crippen LogP contribution in [0.25, 0.3) is 0 Å². The van der Waals surface area contributed by atoms with Gasteiger partial charge in [0.25, 0.3) is 5.91 Å². The van der Waals surface area contributed by atoms with E-state index in [1.807, 2.05) is 25.4 Å². The molecule has 4 nitrogen and oxygen atoms in total. The van der Waals surface area contributed by atoms with Crippen molar-refractivity contribution in [1.29, 1.82) is 0 Å². The Labute approximate surface area is 117 Å². The Hall–Kier alpha value is -1.88. The summed E-state index contributed by atoms with van der Waals surface area (Å²) in [6.45, 7) is 3.34. The number of aromatic nitrogens is 1. The van der Waals surface area contributed by atoms with Gasteiger partial charge in [0.05, 0.1) is 5.56 Å². The van der Waals surface area contributed by atoms with Crippen molar-refractivity contribution in [3.8, 4) is 0 Å². The van der Waals surface area contributed by atoms with Crippen LogP contribution in [0.15, 0.2) is 35.2 Å². The van der Waals surface area contributed by atoms with Crippen LogP contribution in [-0.4, -0.2) is 29.4 Å². The topological polar surface area (TPSA) is 45.2 Å². The van der Waals surface area contributed by atoms with E-state index in [0.29, 0.717) is 17.9 Å². The van der Waals surface area contributed by atoms with Crippen LogP contribution >= 0.6 is 11.3 Å².